The molecule has 18 heavy (non-hydrogen) atoms. The minimum absolute atomic E-state index is 0.283. The second-order valence-electron chi connectivity index (χ2n) is 3.81. The van der Waals surface area contributed by atoms with Crippen LogP contribution in [-0.2, 0) is 7.05 Å². The van der Waals surface area contributed by atoms with Gasteiger partial charge in [-0.25, -0.2) is 4.68 Å². The predicted octanol–water partition coefficient (Wildman–Crippen LogP) is 2.92. The number of aryl methyl sites for hydroxylation is 2. The second-order valence-corrected chi connectivity index (χ2v) is 5.17. The lowest BCUT2D eigenvalue weighted by Crippen LogP contribution is -2.11. The molecule has 2 aromatic rings. The normalized spacial score (nSPS) is 10.4. The molecule has 1 aromatic heterocycles. The molecule has 0 unspecified atom stereocenters. The predicted molar refractivity (Wildman–Crippen MR) is 78.0 cm³/mol. The Balaban J connectivity index is 2.43. The van der Waals surface area contributed by atoms with E-state index in [2.05, 4.69) is 21.0 Å². The molecular formula is C12H12BrN3OS. The van der Waals surface area contributed by atoms with Gasteiger partial charge in [0.15, 0.2) is 0 Å². The number of thiocarbonyl (C=S) groups is 1. The Labute approximate surface area is 119 Å². The van der Waals surface area contributed by atoms with Crippen LogP contribution >= 0.6 is 28.1 Å². The topological polar surface area (TPSA) is 53.1 Å². The van der Waals surface area contributed by atoms with Gasteiger partial charge in [0.1, 0.15) is 10.7 Å². The van der Waals surface area contributed by atoms with Gasteiger partial charge in [-0.2, -0.15) is 5.10 Å². The highest BCUT2D eigenvalue weighted by Gasteiger charge is 2.17. The summed E-state index contributed by atoms with van der Waals surface area (Å²) in [4.78, 5) is 0.283. The smallest absolute Gasteiger partial charge is 0.228 e. The molecule has 0 spiro atoms. The van der Waals surface area contributed by atoms with Crippen molar-refractivity contribution in [2.75, 3.05) is 0 Å². The third kappa shape index (κ3) is 2.54. The van der Waals surface area contributed by atoms with Gasteiger partial charge in [0.25, 0.3) is 0 Å². The molecule has 94 valence electrons. The van der Waals surface area contributed by atoms with Crippen LogP contribution < -0.4 is 10.5 Å². The molecule has 0 saturated heterocycles. The molecule has 0 aliphatic carbocycles. The van der Waals surface area contributed by atoms with Crippen LogP contribution in [0.25, 0.3) is 0 Å². The SMILES string of the molecule is Cc1nn(C)c(Oc2cccc(Br)c2)c1C(N)=S. The molecule has 0 aliphatic heterocycles. The lowest BCUT2D eigenvalue weighted by molar-refractivity contribution is 0.429. The Morgan fingerprint density at radius 2 is 2.22 bits per heavy atom. The molecule has 1 heterocycles. The summed E-state index contributed by atoms with van der Waals surface area (Å²) in [5, 5.41) is 4.26. The van der Waals surface area contributed by atoms with Crippen molar-refractivity contribution in [1.29, 1.82) is 0 Å². The van der Waals surface area contributed by atoms with E-state index in [1.165, 1.54) is 0 Å². The third-order valence-corrected chi connectivity index (χ3v) is 3.12. The molecule has 0 atom stereocenters. The van der Waals surface area contributed by atoms with E-state index >= 15 is 0 Å². The molecule has 4 nitrogen and oxygen atoms in total. The summed E-state index contributed by atoms with van der Waals surface area (Å²) in [6.45, 7) is 1.85. The second kappa shape index (κ2) is 5.07. The van der Waals surface area contributed by atoms with Crippen LogP contribution in [0.1, 0.15) is 11.3 Å². The van der Waals surface area contributed by atoms with E-state index in [9.17, 15) is 0 Å². The number of ether oxygens (including phenoxy) is 1. The Morgan fingerprint density at radius 1 is 1.50 bits per heavy atom. The molecule has 0 radical (unpaired) electrons. The average Bonchev–Trinajstić information content (AvgIpc) is 2.53. The van der Waals surface area contributed by atoms with Gasteiger partial charge in [0, 0.05) is 11.5 Å². The molecule has 1 aromatic carbocycles. The monoisotopic (exact) mass is 325 g/mol. The fourth-order valence-electron chi connectivity index (χ4n) is 1.68. The van der Waals surface area contributed by atoms with Crippen LogP contribution in [0.4, 0.5) is 0 Å². The third-order valence-electron chi connectivity index (χ3n) is 2.43. The van der Waals surface area contributed by atoms with Crippen LogP contribution in [0.3, 0.4) is 0 Å². The van der Waals surface area contributed by atoms with Crippen LogP contribution in [0.2, 0.25) is 0 Å². The summed E-state index contributed by atoms with van der Waals surface area (Å²) < 4.78 is 8.38. The van der Waals surface area contributed by atoms with Gasteiger partial charge in [-0.05, 0) is 25.1 Å². The van der Waals surface area contributed by atoms with Crippen LogP contribution in [-0.4, -0.2) is 14.8 Å². The van der Waals surface area contributed by atoms with Crippen molar-refractivity contribution in [3.8, 4) is 11.6 Å². The zero-order chi connectivity index (χ0) is 13.3. The average molecular weight is 326 g/mol. The number of nitrogens with zero attached hydrogens (tertiary/aromatic N) is 2. The number of benzene rings is 1. The fourth-order valence-corrected chi connectivity index (χ4v) is 2.29. The molecule has 2 rings (SSSR count). The van der Waals surface area contributed by atoms with E-state index in [-0.39, 0.29) is 4.99 Å². The lowest BCUT2D eigenvalue weighted by Gasteiger charge is -2.08. The van der Waals surface area contributed by atoms with E-state index in [1.807, 2.05) is 31.2 Å². The van der Waals surface area contributed by atoms with E-state index in [0.717, 1.165) is 10.2 Å². The first-order valence-electron chi connectivity index (χ1n) is 5.26. The van der Waals surface area contributed by atoms with Crippen molar-refractivity contribution in [1.82, 2.24) is 9.78 Å². The number of hydrogen-bond donors (Lipinski definition) is 1. The Bertz CT molecular complexity index is 609. The summed E-state index contributed by atoms with van der Waals surface area (Å²) in [5.74, 6) is 1.25. The molecule has 2 N–H and O–H groups in total. The highest BCUT2D eigenvalue weighted by atomic mass is 79.9. The molecule has 6 heteroatoms. The standard InChI is InChI=1S/C12H12BrN3OS/c1-7-10(11(14)18)12(16(2)15-7)17-9-5-3-4-8(13)6-9/h3-6H,1-2H3,(H2,14,18). The van der Waals surface area contributed by atoms with Gasteiger partial charge in [-0.3, -0.25) is 0 Å². The van der Waals surface area contributed by atoms with Crippen molar-refractivity contribution in [2.45, 2.75) is 6.92 Å². The van der Waals surface area contributed by atoms with Gasteiger partial charge in [0.05, 0.1) is 11.3 Å². The zero-order valence-corrected chi connectivity index (χ0v) is 12.4. The van der Waals surface area contributed by atoms with Crippen molar-refractivity contribution in [2.24, 2.45) is 12.8 Å². The maximum Gasteiger partial charge on any atom is 0.228 e. The quantitative estimate of drug-likeness (QED) is 0.881. The fraction of sp³-hybridized carbons (Fsp3) is 0.167. The molecule has 0 saturated carbocycles. The molecular weight excluding hydrogens is 314 g/mol. The first kappa shape index (κ1) is 13.0. The van der Waals surface area contributed by atoms with E-state index in [0.29, 0.717) is 17.2 Å². The molecule has 0 aliphatic rings. The number of rotatable bonds is 3. The summed E-state index contributed by atoms with van der Waals surface area (Å²) in [6, 6.07) is 7.54. The molecule has 0 bridgehead atoms. The summed E-state index contributed by atoms with van der Waals surface area (Å²) >= 11 is 8.42. The maximum atomic E-state index is 5.81. The van der Waals surface area contributed by atoms with Gasteiger partial charge in [-0.1, -0.05) is 34.2 Å². The van der Waals surface area contributed by atoms with E-state index < -0.39 is 0 Å². The van der Waals surface area contributed by atoms with Gasteiger partial charge < -0.3 is 10.5 Å². The highest BCUT2D eigenvalue weighted by Crippen LogP contribution is 2.28. The molecule has 0 fully saturated rings. The van der Waals surface area contributed by atoms with Crippen molar-refractivity contribution in [3.05, 3.63) is 40.0 Å². The summed E-state index contributed by atoms with van der Waals surface area (Å²) in [7, 11) is 1.79. The number of nitrogens with two attached hydrogens (primary N) is 1. The van der Waals surface area contributed by atoms with E-state index in [1.54, 1.807) is 11.7 Å². The van der Waals surface area contributed by atoms with Gasteiger partial charge in [-0.15, -0.1) is 0 Å². The van der Waals surface area contributed by atoms with Crippen molar-refractivity contribution >= 4 is 33.1 Å². The van der Waals surface area contributed by atoms with Crippen molar-refractivity contribution < 1.29 is 4.74 Å². The van der Waals surface area contributed by atoms with Gasteiger partial charge in [0.2, 0.25) is 5.88 Å². The van der Waals surface area contributed by atoms with E-state index in [4.69, 9.17) is 22.7 Å². The Hall–Kier alpha value is -1.40. The van der Waals surface area contributed by atoms with Crippen LogP contribution in [0, 0.1) is 6.92 Å². The lowest BCUT2D eigenvalue weighted by atomic mass is 10.2. The Kier molecular flexibility index (Phi) is 3.68. The first-order chi connectivity index (χ1) is 8.49. The highest BCUT2D eigenvalue weighted by molar-refractivity contribution is 9.10. The van der Waals surface area contributed by atoms with Gasteiger partial charge >= 0.3 is 0 Å². The number of hydrogen-bond acceptors (Lipinski definition) is 3. The molecule has 0 amide bonds. The minimum atomic E-state index is 0.283. The Morgan fingerprint density at radius 3 is 2.83 bits per heavy atom. The zero-order valence-electron chi connectivity index (χ0n) is 9.98. The minimum Gasteiger partial charge on any atom is -0.438 e. The summed E-state index contributed by atoms with van der Waals surface area (Å²) in [6.07, 6.45) is 0. The maximum absolute atomic E-state index is 5.81. The first-order valence-corrected chi connectivity index (χ1v) is 6.46. The number of aromatic nitrogens is 2. The van der Waals surface area contributed by atoms with Crippen molar-refractivity contribution in [3.63, 3.8) is 0 Å². The van der Waals surface area contributed by atoms with Crippen LogP contribution in [0.5, 0.6) is 11.6 Å². The summed E-state index contributed by atoms with van der Waals surface area (Å²) in [5.41, 5.74) is 7.13. The van der Waals surface area contributed by atoms with Crippen LogP contribution in [0.15, 0.2) is 28.7 Å². The number of halogens is 1. The largest absolute Gasteiger partial charge is 0.438 e.